The van der Waals surface area contributed by atoms with Crippen LogP contribution in [-0.2, 0) is 7.05 Å². The summed E-state index contributed by atoms with van der Waals surface area (Å²) < 4.78 is 1.95. The highest BCUT2D eigenvalue weighted by molar-refractivity contribution is 5.83. The average molecular weight is 203 g/mol. The van der Waals surface area contributed by atoms with Gasteiger partial charge in [-0.25, -0.2) is 0 Å². The number of hydrogen-bond acceptors (Lipinski definition) is 2. The van der Waals surface area contributed by atoms with Gasteiger partial charge in [0.2, 0.25) is 0 Å². The molecule has 3 heteroatoms. The van der Waals surface area contributed by atoms with Crippen LogP contribution in [0.2, 0.25) is 0 Å². The second kappa shape index (κ2) is 3.66. The highest BCUT2D eigenvalue weighted by atomic mass is 15.3. The van der Waals surface area contributed by atoms with Crippen molar-refractivity contribution in [3.63, 3.8) is 0 Å². The molecule has 3 nitrogen and oxygen atoms in total. The smallest absolute Gasteiger partial charge is 0.0869 e. The third kappa shape index (κ3) is 1.63. The number of aryl methyl sites for hydroxylation is 2. The van der Waals surface area contributed by atoms with Gasteiger partial charge in [0.1, 0.15) is 0 Å². The molecule has 0 spiro atoms. The molecule has 1 N–H and O–H groups in total. The quantitative estimate of drug-likeness (QED) is 0.810. The van der Waals surface area contributed by atoms with Crippen LogP contribution >= 0.6 is 0 Å². The van der Waals surface area contributed by atoms with Crippen molar-refractivity contribution in [1.29, 1.82) is 0 Å². The van der Waals surface area contributed by atoms with E-state index >= 15 is 0 Å². The lowest BCUT2D eigenvalue weighted by molar-refractivity contribution is 0.617. The molecule has 0 aliphatic carbocycles. The number of nitrogens with zero attached hydrogens (tertiary/aromatic N) is 2. The molecular formula is C12H17N3. The SMILES string of the molecule is CNC(C)c1nn(C)c2cc(C)ccc12. The predicted molar refractivity (Wildman–Crippen MR) is 62.9 cm³/mol. The van der Waals surface area contributed by atoms with Crippen LogP contribution in [0, 0.1) is 6.92 Å². The zero-order chi connectivity index (χ0) is 11.0. The fourth-order valence-electron chi connectivity index (χ4n) is 1.85. The van der Waals surface area contributed by atoms with Crippen LogP contribution in [0.25, 0.3) is 10.9 Å². The number of nitrogens with one attached hydrogen (secondary N) is 1. The Morgan fingerprint density at radius 3 is 2.80 bits per heavy atom. The monoisotopic (exact) mass is 203 g/mol. The van der Waals surface area contributed by atoms with Crippen molar-refractivity contribution < 1.29 is 0 Å². The second-order valence-corrected chi connectivity index (χ2v) is 4.04. The number of rotatable bonds is 2. The Morgan fingerprint density at radius 1 is 1.40 bits per heavy atom. The lowest BCUT2D eigenvalue weighted by atomic mass is 10.1. The van der Waals surface area contributed by atoms with Crippen LogP contribution in [0.5, 0.6) is 0 Å². The minimum Gasteiger partial charge on any atom is -0.312 e. The predicted octanol–water partition coefficient (Wildman–Crippen LogP) is 2.16. The Hall–Kier alpha value is -1.35. The minimum atomic E-state index is 0.288. The van der Waals surface area contributed by atoms with Crippen LogP contribution in [-0.4, -0.2) is 16.8 Å². The molecule has 0 bridgehead atoms. The standard InChI is InChI=1S/C12H17N3/c1-8-5-6-10-11(7-8)15(4)14-12(10)9(2)13-3/h5-7,9,13H,1-4H3. The molecular weight excluding hydrogens is 186 g/mol. The Kier molecular flexibility index (Phi) is 2.49. The molecule has 0 aliphatic rings. The molecule has 0 saturated carbocycles. The van der Waals surface area contributed by atoms with Crippen LogP contribution in [0.15, 0.2) is 18.2 Å². The molecule has 1 heterocycles. The summed E-state index contributed by atoms with van der Waals surface area (Å²) in [4.78, 5) is 0. The van der Waals surface area contributed by atoms with Crippen LogP contribution in [0.1, 0.15) is 24.2 Å². The first kappa shape index (κ1) is 10.2. The summed E-state index contributed by atoms with van der Waals surface area (Å²) in [5.74, 6) is 0. The Balaban J connectivity index is 2.68. The zero-order valence-corrected chi connectivity index (χ0v) is 9.70. The fourth-order valence-corrected chi connectivity index (χ4v) is 1.85. The van der Waals surface area contributed by atoms with Crippen LogP contribution in [0.3, 0.4) is 0 Å². The Bertz CT molecular complexity index is 485. The molecule has 0 saturated heterocycles. The fraction of sp³-hybridized carbons (Fsp3) is 0.417. The Morgan fingerprint density at radius 2 is 2.13 bits per heavy atom. The van der Waals surface area contributed by atoms with E-state index < -0.39 is 0 Å². The van der Waals surface area contributed by atoms with Crippen molar-refractivity contribution in [1.82, 2.24) is 15.1 Å². The summed E-state index contributed by atoms with van der Waals surface area (Å²) >= 11 is 0. The van der Waals surface area contributed by atoms with Crippen molar-refractivity contribution >= 4 is 10.9 Å². The first-order valence-electron chi connectivity index (χ1n) is 5.24. The number of benzene rings is 1. The van der Waals surface area contributed by atoms with Gasteiger partial charge in [-0.1, -0.05) is 12.1 Å². The van der Waals surface area contributed by atoms with Crippen molar-refractivity contribution in [3.8, 4) is 0 Å². The van der Waals surface area contributed by atoms with Gasteiger partial charge in [0.05, 0.1) is 11.2 Å². The normalized spacial score (nSPS) is 13.3. The van der Waals surface area contributed by atoms with E-state index in [2.05, 4.69) is 42.5 Å². The van der Waals surface area contributed by atoms with Crippen molar-refractivity contribution in [3.05, 3.63) is 29.5 Å². The molecule has 1 atom stereocenters. The first-order chi connectivity index (χ1) is 7.13. The average Bonchev–Trinajstić information content (AvgIpc) is 2.55. The van der Waals surface area contributed by atoms with Gasteiger partial charge in [0, 0.05) is 18.5 Å². The van der Waals surface area contributed by atoms with E-state index in [9.17, 15) is 0 Å². The van der Waals surface area contributed by atoms with Crippen molar-refractivity contribution in [2.45, 2.75) is 19.9 Å². The van der Waals surface area contributed by atoms with Gasteiger partial charge in [-0.2, -0.15) is 5.10 Å². The van der Waals surface area contributed by atoms with Gasteiger partial charge in [-0.05, 0) is 32.5 Å². The number of fused-ring (bicyclic) bond motifs is 1. The number of hydrogen-bond donors (Lipinski definition) is 1. The summed E-state index contributed by atoms with van der Waals surface area (Å²) in [5, 5.41) is 9.02. The zero-order valence-electron chi connectivity index (χ0n) is 9.70. The van der Waals surface area contributed by atoms with Gasteiger partial charge in [-0.3, -0.25) is 4.68 Å². The lowest BCUT2D eigenvalue weighted by Crippen LogP contribution is -2.13. The second-order valence-electron chi connectivity index (χ2n) is 4.04. The summed E-state index contributed by atoms with van der Waals surface area (Å²) in [5.41, 5.74) is 3.59. The van der Waals surface area contributed by atoms with E-state index in [4.69, 9.17) is 0 Å². The molecule has 0 fully saturated rings. The van der Waals surface area contributed by atoms with E-state index in [-0.39, 0.29) is 6.04 Å². The summed E-state index contributed by atoms with van der Waals surface area (Å²) in [7, 11) is 3.95. The lowest BCUT2D eigenvalue weighted by Gasteiger charge is -2.06. The third-order valence-electron chi connectivity index (χ3n) is 2.88. The van der Waals surface area contributed by atoms with Crippen LogP contribution in [0.4, 0.5) is 0 Å². The maximum Gasteiger partial charge on any atom is 0.0869 e. The molecule has 15 heavy (non-hydrogen) atoms. The largest absolute Gasteiger partial charge is 0.312 e. The maximum absolute atomic E-state index is 4.56. The topological polar surface area (TPSA) is 29.9 Å². The molecule has 0 radical (unpaired) electrons. The first-order valence-corrected chi connectivity index (χ1v) is 5.24. The van der Waals surface area contributed by atoms with Crippen molar-refractivity contribution in [2.75, 3.05) is 7.05 Å². The summed E-state index contributed by atoms with van der Waals surface area (Å²) in [6.45, 7) is 4.23. The van der Waals surface area contributed by atoms with E-state index in [1.165, 1.54) is 16.5 Å². The molecule has 1 aromatic carbocycles. The highest BCUT2D eigenvalue weighted by Crippen LogP contribution is 2.23. The molecule has 80 valence electrons. The van der Waals surface area contributed by atoms with Gasteiger partial charge in [0.15, 0.2) is 0 Å². The van der Waals surface area contributed by atoms with E-state index in [0.29, 0.717) is 0 Å². The Labute approximate surface area is 90.1 Å². The van der Waals surface area contributed by atoms with Crippen molar-refractivity contribution in [2.24, 2.45) is 7.05 Å². The van der Waals surface area contributed by atoms with E-state index in [1.54, 1.807) is 0 Å². The van der Waals surface area contributed by atoms with Gasteiger partial charge >= 0.3 is 0 Å². The molecule has 2 rings (SSSR count). The molecule has 0 aliphatic heterocycles. The van der Waals surface area contributed by atoms with Gasteiger partial charge < -0.3 is 5.32 Å². The van der Waals surface area contributed by atoms with Gasteiger partial charge in [-0.15, -0.1) is 0 Å². The van der Waals surface area contributed by atoms with E-state index in [0.717, 1.165) is 5.69 Å². The highest BCUT2D eigenvalue weighted by Gasteiger charge is 2.12. The molecule has 0 amide bonds. The summed E-state index contributed by atoms with van der Waals surface area (Å²) in [6.07, 6.45) is 0. The van der Waals surface area contributed by atoms with E-state index in [1.807, 2.05) is 18.8 Å². The number of aromatic nitrogens is 2. The third-order valence-corrected chi connectivity index (χ3v) is 2.88. The van der Waals surface area contributed by atoms with Gasteiger partial charge in [0.25, 0.3) is 0 Å². The molecule has 2 aromatic rings. The van der Waals surface area contributed by atoms with Crippen LogP contribution < -0.4 is 5.32 Å². The molecule has 1 unspecified atom stereocenters. The minimum absolute atomic E-state index is 0.288. The summed E-state index contributed by atoms with van der Waals surface area (Å²) in [6, 6.07) is 6.75. The maximum atomic E-state index is 4.56. The molecule has 1 aromatic heterocycles.